The van der Waals surface area contributed by atoms with E-state index in [0.717, 1.165) is 8.58 Å². The topological polar surface area (TPSA) is 12.4 Å². The molecule has 52 valence electrons. The van der Waals surface area contributed by atoms with Crippen LogP contribution in [0.5, 0.6) is 0 Å². The van der Waals surface area contributed by atoms with Crippen LogP contribution in [0.3, 0.4) is 0 Å². The molecule has 0 saturated carbocycles. The quantitative estimate of drug-likeness (QED) is 0.415. The Labute approximate surface area is 59.0 Å². The third kappa shape index (κ3) is 3.42. The van der Waals surface area contributed by atoms with Crippen molar-refractivity contribution in [1.82, 2.24) is 0 Å². The summed E-state index contributed by atoms with van der Waals surface area (Å²) in [6, 6.07) is 0. The van der Waals surface area contributed by atoms with Crippen LogP contribution in [0.1, 0.15) is 13.8 Å². The first-order valence-corrected chi connectivity index (χ1v) is 4.49. The Morgan fingerprint density at radius 2 is 2.00 bits per heavy atom. The largest absolute Gasteiger partial charge is 0.296 e. The molecule has 0 bridgehead atoms. The number of hydrogen-bond donors (Lipinski definition) is 0. The Kier molecular flexibility index (Phi) is 4.61. The Morgan fingerprint density at radius 3 is 2.11 bits per heavy atom. The average Bonchev–Trinajstić information content (AvgIpc) is 1.82. The minimum absolute atomic E-state index is 0.866. The maximum atomic E-state index is 3.95. The summed E-state index contributed by atoms with van der Waals surface area (Å²) in [5, 5.41) is 1.37. The zero-order chi connectivity index (χ0) is 7.28. The van der Waals surface area contributed by atoms with Crippen molar-refractivity contribution in [3.8, 4) is 0 Å². The first-order chi connectivity index (χ1) is 4.22. The molecule has 0 aliphatic carbocycles. The second-order valence-corrected chi connectivity index (χ2v) is 3.09. The predicted molar refractivity (Wildman–Crippen MR) is 47.0 cm³/mol. The molecule has 0 saturated heterocycles. The summed E-state index contributed by atoms with van der Waals surface area (Å²) in [5.41, 5.74) is 1.38. The highest BCUT2D eigenvalue weighted by Gasteiger charge is 1.88. The SMILES string of the molecule is CN=CC(PC)=C(C)C. The molecule has 0 aromatic heterocycles. The van der Waals surface area contributed by atoms with E-state index in [9.17, 15) is 0 Å². The molecule has 0 heterocycles. The van der Waals surface area contributed by atoms with Crippen LogP contribution < -0.4 is 0 Å². The fourth-order valence-electron chi connectivity index (χ4n) is 0.573. The second kappa shape index (κ2) is 4.69. The van der Waals surface area contributed by atoms with Gasteiger partial charge in [0, 0.05) is 13.3 Å². The lowest BCUT2D eigenvalue weighted by atomic mass is 10.3. The van der Waals surface area contributed by atoms with E-state index in [1.165, 1.54) is 10.9 Å². The molecule has 0 radical (unpaired) electrons. The van der Waals surface area contributed by atoms with Crippen molar-refractivity contribution < 1.29 is 0 Å². The molecule has 0 fully saturated rings. The fraction of sp³-hybridized carbons (Fsp3) is 0.571. The highest BCUT2D eigenvalue weighted by atomic mass is 31.1. The van der Waals surface area contributed by atoms with Gasteiger partial charge in [-0.3, -0.25) is 4.99 Å². The fourth-order valence-corrected chi connectivity index (χ4v) is 1.33. The van der Waals surface area contributed by atoms with Gasteiger partial charge in [0.2, 0.25) is 0 Å². The van der Waals surface area contributed by atoms with Gasteiger partial charge in [0.1, 0.15) is 0 Å². The number of allylic oxidation sites excluding steroid dienone is 2. The van der Waals surface area contributed by atoms with E-state index in [-0.39, 0.29) is 0 Å². The molecule has 0 spiro atoms. The van der Waals surface area contributed by atoms with Crippen molar-refractivity contribution in [2.75, 3.05) is 13.7 Å². The molecule has 0 aliphatic heterocycles. The van der Waals surface area contributed by atoms with Crippen molar-refractivity contribution in [2.24, 2.45) is 4.99 Å². The van der Waals surface area contributed by atoms with Gasteiger partial charge >= 0.3 is 0 Å². The third-order valence-electron chi connectivity index (χ3n) is 1.07. The Balaban J connectivity index is 4.16. The van der Waals surface area contributed by atoms with E-state index >= 15 is 0 Å². The third-order valence-corrected chi connectivity index (χ3v) is 2.23. The minimum Gasteiger partial charge on any atom is -0.296 e. The van der Waals surface area contributed by atoms with E-state index in [4.69, 9.17) is 0 Å². The van der Waals surface area contributed by atoms with Gasteiger partial charge < -0.3 is 0 Å². The molecule has 0 amide bonds. The first kappa shape index (κ1) is 8.84. The average molecular weight is 143 g/mol. The van der Waals surface area contributed by atoms with Crippen molar-refractivity contribution in [1.29, 1.82) is 0 Å². The highest BCUT2D eigenvalue weighted by molar-refractivity contribution is 7.43. The molecule has 1 atom stereocenters. The number of aliphatic imine (C=N–C) groups is 1. The van der Waals surface area contributed by atoms with E-state index in [2.05, 4.69) is 25.5 Å². The van der Waals surface area contributed by atoms with Crippen LogP contribution in [-0.2, 0) is 0 Å². The summed E-state index contributed by atoms with van der Waals surface area (Å²) in [6.45, 7) is 6.41. The lowest BCUT2D eigenvalue weighted by Gasteiger charge is -1.97. The van der Waals surface area contributed by atoms with Crippen LogP contribution in [0.2, 0.25) is 0 Å². The zero-order valence-electron chi connectivity index (χ0n) is 6.52. The van der Waals surface area contributed by atoms with Gasteiger partial charge in [-0.25, -0.2) is 0 Å². The van der Waals surface area contributed by atoms with Crippen molar-refractivity contribution in [2.45, 2.75) is 13.8 Å². The molecule has 2 heteroatoms. The van der Waals surface area contributed by atoms with E-state index in [1.807, 2.05) is 13.3 Å². The van der Waals surface area contributed by atoms with Crippen LogP contribution >= 0.6 is 8.58 Å². The highest BCUT2D eigenvalue weighted by Crippen LogP contribution is 2.19. The lowest BCUT2D eigenvalue weighted by molar-refractivity contribution is 1.38. The maximum absolute atomic E-state index is 3.95. The van der Waals surface area contributed by atoms with Gasteiger partial charge in [-0.1, -0.05) is 14.2 Å². The minimum atomic E-state index is 0.866. The predicted octanol–water partition coefficient (Wildman–Crippen LogP) is 2.29. The lowest BCUT2D eigenvalue weighted by Crippen LogP contribution is -1.78. The second-order valence-electron chi connectivity index (χ2n) is 2.05. The molecule has 0 N–H and O–H groups in total. The van der Waals surface area contributed by atoms with Crippen LogP contribution in [0.15, 0.2) is 15.9 Å². The van der Waals surface area contributed by atoms with Crippen molar-refractivity contribution >= 4 is 14.8 Å². The van der Waals surface area contributed by atoms with Crippen molar-refractivity contribution in [3.05, 3.63) is 10.9 Å². The molecule has 0 aromatic rings. The number of hydrogen-bond acceptors (Lipinski definition) is 1. The molecular formula is C7H14NP. The van der Waals surface area contributed by atoms with Crippen molar-refractivity contribution in [3.63, 3.8) is 0 Å². The summed E-state index contributed by atoms with van der Waals surface area (Å²) >= 11 is 0. The van der Waals surface area contributed by atoms with Crippen LogP contribution in [0.4, 0.5) is 0 Å². The summed E-state index contributed by atoms with van der Waals surface area (Å²) in [5.74, 6) is 0. The van der Waals surface area contributed by atoms with Gasteiger partial charge in [-0.2, -0.15) is 0 Å². The van der Waals surface area contributed by atoms with Gasteiger partial charge in [0.15, 0.2) is 0 Å². The summed E-state index contributed by atoms with van der Waals surface area (Å²) in [6.07, 6.45) is 1.94. The van der Waals surface area contributed by atoms with Gasteiger partial charge in [0.05, 0.1) is 0 Å². The van der Waals surface area contributed by atoms with Gasteiger partial charge in [-0.05, 0) is 25.8 Å². The molecule has 9 heavy (non-hydrogen) atoms. The summed E-state index contributed by atoms with van der Waals surface area (Å²) < 4.78 is 0. The smallest absolute Gasteiger partial charge is 0.0282 e. The zero-order valence-corrected chi connectivity index (χ0v) is 7.52. The molecule has 1 unspecified atom stereocenters. The maximum Gasteiger partial charge on any atom is 0.0282 e. The first-order valence-electron chi connectivity index (χ1n) is 2.99. The summed E-state index contributed by atoms with van der Waals surface area (Å²) in [4.78, 5) is 3.95. The van der Waals surface area contributed by atoms with Crippen LogP contribution in [-0.4, -0.2) is 19.9 Å². The molecular weight excluding hydrogens is 129 g/mol. The monoisotopic (exact) mass is 143 g/mol. The molecule has 0 aromatic carbocycles. The van der Waals surface area contributed by atoms with Gasteiger partial charge in [-0.15, -0.1) is 0 Å². The van der Waals surface area contributed by atoms with E-state index in [0.29, 0.717) is 0 Å². The van der Waals surface area contributed by atoms with Gasteiger partial charge in [0.25, 0.3) is 0 Å². The Morgan fingerprint density at radius 1 is 1.44 bits per heavy atom. The van der Waals surface area contributed by atoms with E-state index in [1.54, 1.807) is 0 Å². The van der Waals surface area contributed by atoms with E-state index < -0.39 is 0 Å². The van der Waals surface area contributed by atoms with Crippen LogP contribution in [0.25, 0.3) is 0 Å². The molecule has 0 aliphatic rings. The Bertz CT molecular complexity index is 132. The molecule has 1 nitrogen and oxygen atoms in total. The normalized spacial score (nSPS) is 11.6. The summed E-state index contributed by atoms with van der Waals surface area (Å²) in [7, 11) is 2.67. The Hall–Kier alpha value is -0.160. The van der Waals surface area contributed by atoms with Crippen LogP contribution in [0, 0.1) is 0 Å². The standard InChI is InChI=1S/C7H14NP/c1-6(2)7(9-4)5-8-3/h5,9H,1-4H3. The number of nitrogens with zero attached hydrogens (tertiary/aromatic N) is 1. The molecule has 0 rings (SSSR count). The number of rotatable bonds is 2.